The average Bonchev–Trinajstić information content (AvgIpc) is 1.66. The number of aromatic hydroxyl groups is 1. The van der Waals surface area contributed by atoms with E-state index in [9.17, 15) is 9.90 Å². The van der Waals surface area contributed by atoms with Gasteiger partial charge in [-0.2, -0.15) is 10.2 Å². The number of phenols is 1. The van der Waals surface area contributed by atoms with Crippen molar-refractivity contribution in [1.82, 2.24) is 74.9 Å². The summed E-state index contributed by atoms with van der Waals surface area (Å²) in [4.78, 5) is 56.5. The highest BCUT2D eigenvalue weighted by Gasteiger charge is 2.38. The highest BCUT2D eigenvalue weighted by Crippen LogP contribution is 2.38. The predicted octanol–water partition coefficient (Wildman–Crippen LogP) is 15.1. The number of fused-ring (bicyclic) bond motifs is 2. The number of ether oxygens (including phenoxy) is 2. The first-order chi connectivity index (χ1) is 53.2. The molecule has 0 radical (unpaired) electrons. The van der Waals surface area contributed by atoms with Crippen molar-refractivity contribution in [3.8, 4) is 62.7 Å². The van der Waals surface area contributed by atoms with Crippen LogP contribution in [0.5, 0.6) is 23.1 Å². The molecule has 0 bridgehead atoms. The predicted molar refractivity (Wildman–Crippen MR) is 427 cm³/mol. The van der Waals surface area contributed by atoms with Crippen molar-refractivity contribution < 1.29 is 29.1 Å². The number of aromatic nitrogens is 15. The number of halogens is 4. The Morgan fingerprint density at radius 1 is 0.734 bits per heavy atom. The Morgan fingerprint density at radius 3 is 2.29 bits per heavy atom. The van der Waals surface area contributed by atoms with E-state index in [-0.39, 0.29) is 48.5 Å². The van der Waals surface area contributed by atoms with Crippen LogP contribution in [0.2, 0.25) is 5.02 Å². The standard InChI is InChI=1S/C19H19ClN4O.C18H14N4O2.C17H15N7O.C13H14N10O.C6H3Br2ClOS/c20-15-5-2-7-17(13-15)23-19-22-10-8-18(24-19)14-4-1-6-16(12-14)21-9-3-11-25;19-12-4-1-3-11(7-12)16-9-15-17(22-16)20-10-21-18(15)24-14-6-2-5-13(23)8-14;1-25-14-6-2-5-13(8-14)24-17-15(10-21-24)16(19-11-20-17)23-22-12-4-3-7-18-9-12;14-5-9-10(19-22-23(9)13-11(15)20-24-21-13)8-6-17-12(18-8)7-1-3-16-4-2-7;7-3-1-5(4(10)2-9)11-6(3)8/h1-2,4-8,10,12-13,21,25H,3,9,11H2,(H,22,23,24);1-10,23H,19H2,(H,20,21,22);2-11,22H,1H3,(H,19,20,23);1-4,6,9-10H,5,14H2,(H2,15,20)(H,17,18);1H,2H2. The van der Waals surface area contributed by atoms with Gasteiger partial charge in [0.25, 0.3) is 0 Å². The number of aliphatic hydroxyl groups is 1. The monoisotopic (exact) mass is 1650 g/mol. The van der Waals surface area contributed by atoms with Crippen LogP contribution < -0.4 is 53.2 Å². The molecule has 109 heavy (non-hydrogen) atoms. The van der Waals surface area contributed by atoms with Crippen LogP contribution in [0.15, 0.2) is 243 Å². The number of pyridine rings is 2. The van der Waals surface area contributed by atoms with Gasteiger partial charge in [0.2, 0.25) is 23.5 Å². The maximum atomic E-state index is 11.0. The summed E-state index contributed by atoms with van der Waals surface area (Å²) >= 11 is 19.3. The maximum Gasteiger partial charge on any atom is 0.239 e. The van der Waals surface area contributed by atoms with Crippen LogP contribution in [-0.2, 0) is 0 Å². The third kappa shape index (κ3) is 19.9. The van der Waals surface area contributed by atoms with E-state index >= 15 is 0 Å². The summed E-state index contributed by atoms with van der Waals surface area (Å²) in [5.74, 6) is 4.10. The Labute approximate surface area is 651 Å². The number of imidazole rings is 1. The molecule has 11 heterocycles. The lowest BCUT2D eigenvalue weighted by molar-refractivity contribution is 0.102. The van der Waals surface area contributed by atoms with E-state index in [2.05, 4.69) is 139 Å². The first kappa shape index (κ1) is 76.1. The summed E-state index contributed by atoms with van der Waals surface area (Å²) in [5, 5.41) is 48.7. The molecule has 0 saturated carbocycles. The van der Waals surface area contributed by atoms with Gasteiger partial charge >= 0.3 is 0 Å². The van der Waals surface area contributed by atoms with Crippen LogP contribution in [0.4, 0.5) is 46.2 Å². The molecule has 0 amide bonds. The summed E-state index contributed by atoms with van der Waals surface area (Å²) in [7, 11) is 1.63. The van der Waals surface area contributed by atoms with Crippen LogP contribution in [-0.4, -0.2) is 130 Å². The number of nitrogen functional groups attached to an aromatic ring is 2. The van der Waals surface area contributed by atoms with Gasteiger partial charge in [-0.1, -0.05) is 59.3 Å². The Morgan fingerprint density at radius 2 is 1.53 bits per heavy atom. The Hall–Kier alpha value is -12.6. The van der Waals surface area contributed by atoms with Gasteiger partial charge in [-0.3, -0.25) is 25.6 Å². The summed E-state index contributed by atoms with van der Waals surface area (Å²) in [6, 6.07) is 49.6. The molecule has 0 saturated heterocycles. The van der Waals surface area contributed by atoms with Gasteiger partial charge in [-0.15, -0.1) is 22.9 Å². The Kier molecular flexibility index (Phi) is 25.9. The molecule has 16 rings (SSSR count). The zero-order valence-corrected chi connectivity index (χ0v) is 62.8. The molecular formula is C73H65Br2Cl2N25O6S. The summed E-state index contributed by atoms with van der Waals surface area (Å²) in [6.45, 7) is 1.19. The molecule has 2 unspecified atom stereocenters. The second-order valence-electron chi connectivity index (χ2n) is 23.0. The molecule has 552 valence electrons. The number of thiophene rings is 1. The van der Waals surface area contributed by atoms with Crippen molar-refractivity contribution in [2.75, 3.05) is 70.6 Å². The number of H-pyrrole nitrogens is 2. The lowest BCUT2D eigenvalue weighted by atomic mass is 10.1. The fourth-order valence-corrected chi connectivity index (χ4v) is 12.9. The number of nitrogens with two attached hydrogens (primary N) is 3. The Balaban J connectivity index is 0.000000129. The number of nitrogens with zero attached hydrogens (tertiary/aromatic N) is 16. The zero-order valence-electron chi connectivity index (χ0n) is 57.3. The van der Waals surface area contributed by atoms with E-state index in [0.717, 1.165) is 93.7 Å². The molecule has 1 aliphatic rings. The number of hydrogen-bond donors (Lipinski definition) is 11. The number of benzene rings is 5. The molecule has 2 atom stereocenters. The molecule has 10 aromatic heterocycles. The SMILES string of the molecule is COc1cccc(-n2ncc3c(NNc4cccnc4)ncnc32)c1.NCC1C(c2cnc(-c3ccncc3)[nH]2)N=NN1c1nonc1N.Nc1cccc(-c2cc3c(Oc4cccc(O)c4)ncnc3[nH]2)c1.O=C(CCl)c1cc(Br)c(Br)s1.OCCCNc1cccc(-c2ccnc(Nc3cccc(Cl)c3)n2)c1. The number of rotatable bonds is 21. The maximum absolute atomic E-state index is 11.0. The van der Waals surface area contributed by atoms with E-state index in [4.69, 9.17) is 55.0 Å². The second kappa shape index (κ2) is 37.1. The third-order valence-corrected chi connectivity index (χ3v) is 19.4. The summed E-state index contributed by atoms with van der Waals surface area (Å²) in [6.07, 6.45) is 15.6. The molecular weight excluding hydrogens is 1590 g/mol. The van der Waals surface area contributed by atoms with Gasteiger partial charge in [0, 0.05) is 106 Å². The molecule has 0 aliphatic carbocycles. The lowest BCUT2D eigenvalue weighted by Crippen LogP contribution is -2.38. The fourth-order valence-electron chi connectivity index (χ4n) is 10.5. The van der Waals surface area contributed by atoms with E-state index < -0.39 is 0 Å². The Bertz CT molecular complexity index is 5530. The average molecular weight is 1650 g/mol. The smallest absolute Gasteiger partial charge is 0.239 e. The van der Waals surface area contributed by atoms with Crippen LogP contribution in [0.3, 0.4) is 0 Å². The van der Waals surface area contributed by atoms with Crippen molar-refractivity contribution in [2.24, 2.45) is 16.1 Å². The van der Waals surface area contributed by atoms with E-state index in [0.29, 0.717) is 62.5 Å². The van der Waals surface area contributed by atoms with Gasteiger partial charge in [0.05, 0.1) is 79.8 Å². The summed E-state index contributed by atoms with van der Waals surface area (Å²) < 4.78 is 19.2. The first-order valence-corrected chi connectivity index (χ1v) is 36.2. The molecule has 0 fully saturated rings. The second-order valence-corrected chi connectivity index (χ2v) is 27.0. The molecule has 31 nitrogen and oxygen atoms in total. The van der Waals surface area contributed by atoms with Gasteiger partial charge in [-0.25, -0.2) is 49.2 Å². The highest BCUT2D eigenvalue weighted by molar-refractivity contribution is 9.13. The van der Waals surface area contributed by atoms with Gasteiger partial charge in [0.15, 0.2) is 17.2 Å². The number of methoxy groups -OCH3 is 1. The number of carbonyl (C=O) groups is 1. The number of ketones is 1. The van der Waals surface area contributed by atoms with Gasteiger partial charge in [0.1, 0.15) is 47.4 Å². The quantitative estimate of drug-likeness (QED) is 0.0105. The number of nitrogens with one attached hydrogen (secondary N) is 6. The number of alkyl halides is 1. The van der Waals surface area contributed by atoms with Crippen molar-refractivity contribution in [2.45, 2.75) is 18.5 Å². The number of hydrazine groups is 1. The number of anilines is 8. The van der Waals surface area contributed by atoms with Crippen LogP contribution >= 0.6 is 66.4 Å². The van der Waals surface area contributed by atoms with Gasteiger partial charge in [-0.05, 0) is 158 Å². The van der Waals surface area contributed by atoms with Crippen molar-refractivity contribution >= 4 is 140 Å². The normalized spacial score (nSPS) is 12.6. The summed E-state index contributed by atoms with van der Waals surface area (Å²) in [5.41, 5.74) is 34.5. The fraction of sp³-hybridized carbons (Fsp3) is 0.110. The largest absolute Gasteiger partial charge is 0.508 e. The van der Waals surface area contributed by atoms with Crippen molar-refractivity contribution in [1.29, 1.82) is 0 Å². The van der Waals surface area contributed by atoms with E-state index in [1.807, 2.05) is 133 Å². The number of hydrogen-bond acceptors (Lipinski definition) is 29. The number of aromatic amines is 2. The van der Waals surface area contributed by atoms with Crippen LogP contribution in [0, 0.1) is 0 Å². The number of carbonyl (C=O) groups excluding carboxylic acids is 1. The minimum absolute atomic E-state index is 0.0388. The molecule has 0 spiro atoms. The zero-order chi connectivity index (χ0) is 76.0. The van der Waals surface area contributed by atoms with E-state index in [1.165, 1.54) is 35.1 Å². The van der Waals surface area contributed by atoms with Crippen molar-refractivity contribution in [3.05, 3.63) is 244 Å². The highest BCUT2D eigenvalue weighted by atomic mass is 79.9. The first-order valence-electron chi connectivity index (χ1n) is 32.9. The van der Waals surface area contributed by atoms with E-state index in [1.54, 1.807) is 79.4 Å². The number of aliphatic hydroxyl groups excluding tert-OH is 1. The van der Waals surface area contributed by atoms with Gasteiger partial charge < -0.3 is 57.5 Å². The molecule has 5 aromatic carbocycles. The third-order valence-electron chi connectivity index (χ3n) is 15.6. The molecule has 36 heteroatoms. The minimum atomic E-state index is -0.325. The minimum Gasteiger partial charge on any atom is -0.508 e. The number of Topliss-reactive ketones (excluding diaryl/α,β-unsaturated/α-hetero) is 1. The topological polar surface area (TPSA) is 434 Å². The molecule has 14 N–H and O–H groups in total. The van der Waals surface area contributed by atoms with Crippen LogP contribution in [0.1, 0.15) is 27.8 Å². The molecule has 1 aliphatic heterocycles. The van der Waals surface area contributed by atoms with Crippen LogP contribution in [0.25, 0.3) is 61.7 Å². The lowest BCUT2D eigenvalue weighted by Gasteiger charge is -2.21. The number of phenolic OH excluding ortho intramolecular Hbond substituents is 1. The van der Waals surface area contributed by atoms with Crippen molar-refractivity contribution in [3.63, 3.8) is 0 Å². The molecule has 15 aromatic rings.